The van der Waals surface area contributed by atoms with E-state index < -0.39 is 0 Å². The van der Waals surface area contributed by atoms with Crippen molar-refractivity contribution in [2.24, 2.45) is 5.92 Å². The first kappa shape index (κ1) is 13.1. The Labute approximate surface area is 131 Å². The summed E-state index contributed by atoms with van der Waals surface area (Å²) in [5.74, 6) is 0.606. The van der Waals surface area contributed by atoms with Gasteiger partial charge in [-0.05, 0) is 47.7 Å². The van der Waals surface area contributed by atoms with E-state index in [1.807, 2.05) is 6.08 Å². The second kappa shape index (κ2) is 5.03. The molecule has 1 heterocycles. The molecule has 0 bridgehead atoms. The van der Waals surface area contributed by atoms with Gasteiger partial charge in [-0.25, -0.2) is 0 Å². The molecule has 0 aliphatic heterocycles. The van der Waals surface area contributed by atoms with Gasteiger partial charge < -0.3 is 4.57 Å². The topological polar surface area (TPSA) is 4.93 Å². The molecule has 4 rings (SSSR count). The fraction of sp³-hybridized carbons (Fsp3) is 0.143. The molecule has 1 unspecified atom stereocenters. The van der Waals surface area contributed by atoms with E-state index in [0.717, 1.165) is 12.0 Å². The Kier molecular flexibility index (Phi) is 3.00. The smallest absolute Gasteiger partial charge is 0.0537 e. The molecule has 0 saturated heterocycles. The van der Waals surface area contributed by atoms with Crippen LogP contribution in [-0.4, -0.2) is 4.57 Å². The van der Waals surface area contributed by atoms with Gasteiger partial charge in [-0.1, -0.05) is 56.0 Å². The van der Waals surface area contributed by atoms with Gasteiger partial charge in [0.25, 0.3) is 0 Å². The van der Waals surface area contributed by atoms with Crippen molar-refractivity contribution in [3.8, 4) is 5.69 Å². The summed E-state index contributed by atoms with van der Waals surface area (Å²) >= 11 is 0. The molecule has 0 N–H and O–H groups in total. The Morgan fingerprint density at radius 2 is 1.86 bits per heavy atom. The molecular formula is C21H19N. The SMILES string of the molecule is C=Cc1ccc(-n2c3c(c4ccccc42)CC(C)C=C3)cc1. The van der Waals surface area contributed by atoms with E-state index in [-0.39, 0.29) is 0 Å². The van der Waals surface area contributed by atoms with Crippen LogP contribution in [0.2, 0.25) is 0 Å². The Balaban J connectivity index is 2.01. The van der Waals surface area contributed by atoms with Crippen LogP contribution in [0.5, 0.6) is 0 Å². The van der Waals surface area contributed by atoms with Gasteiger partial charge in [-0.2, -0.15) is 0 Å². The van der Waals surface area contributed by atoms with Crippen LogP contribution in [0.1, 0.15) is 23.7 Å². The fourth-order valence-electron chi connectivity index (χ4n) is 3.40. The first-order chi connectivity index (χ1) is 10.8. The van der Waals surface area contributed by atoms with Crippen molar-refractivity contribution >= 4 is 23.1 Å². The minimum atomic E-state index is 0.606. The van der Waals surface area contributed by atoms with Crippen LogP contribution >= 0.6 is 0 Å². The Bertz CT molecular complexity index is 878. The second-order valence-electron chi connectivity index (χ2n) is 6.05. The number of allylic oxidation sites excluding steroid dienone is 1. The number of para-hydroxylation sites is 1. The third-order valence-corrected chi connectivity index (χ3v) is 4.52. The molecule has 0 spiro atoms. The molecule has 0 radical (unpaired) electrons. The minimum absolute atomic E-state index is 0.606. The van der Waals surface area contributed by atoms with E-state index in [9.17, 15) is 0 Å². The van der Waals surface area contributed by atoms with Crippen LogP contribution in [-0.2, 0) is 6.42 Å². The maximum absolute atomic E-state index is 3.83. The molecule has 108 valence electrons. The lowest BCUT2D eigenvalue weighted by Gasteiger charge is -2.15. The monoisotopic (exact) mass is 285 g/mol. The molecule has 1 aromatic heterocycles. The van der Waals surface area contributed by atoms with Crippen LogP contribution in [0.15, 0.2) is 61.2 Å². The van der Waals surface area contributed by atoms with Crippen LogP contribution in [0.4, 0.5) is 0 Å². The summed E-state index contributed by atoms with van der Waals surface area (Å²) < 4.78 is 2.37. The van der Waals surface area contributed by atoms with Gasteiger partial charge in [0.1, 0.15) is 0 Å². The number of benzene rings is 2. The molecule has 1 heteroatoms. The lowest BCUT2D eigenvalue weighted by Crippen LogP contribution is -2.05. The summed E-state index contributed by atoms with van der Waals surface area (Å²) in [5.41, 5.74) is 6.45. The van der Waals surface area contributed by atoms with E-state index in [4.69, 9.17) is 0 Å². The van der Waals surface area contributed by atoms with Crippen molar-refractivity contribution in [1.82, 2.24) is 4.57 Å². The van der Waals surface area contributed by atoms with Crippen LogP contribution in [0.3, 0.4) is 0 Å². The maximum Gasteiger partial charge on any atom is 0.0537 e. The molecule has 1 atom stereocenters. The molecule has 1 aliphatic rings. The van der Waals surface area contributed by atoms with Gasteiger partial charge in [-0.3, -0.25) is 0 Å². The predicted octanol–water partition coefficient (Wildman–Crippen LogP) is 5.48. The fourth-order valence-corrected chi connectivity index (χ4v) is 3.40. The predicted molar refractivity (Wildman–Crippen MR) is 95.3 cm³/mol. The summed E-state index contributed by atoms with van der Waals surface area (Å²) in [5, 5.41) is 1.38. The molecule has 2 aromatic carbocycles. The van der Waals surface area contributed by atoms with Gasteiger partial charge in [0.05, 0.1) is 5.52 Å². The highest BCUT2D eigenvalue weighted by Gasteiger charge is 2.20. The van der Waals surface area contributed by atoms with Crippen molar-refractivity contribution < 1.29 is 0 Å². The largest absolute Gasteiger partial charge is 0.310 e. The maximum atomic E-state index is 3.83. The highest BCUT2D eigenvalue weighted by atomic mass is 15.0. The van der Waals surface area contributed by atoms with Crippen molar-refractivity contribution in [2.45, 2.75) is 13.3 Å². The number of fused-ring (bicyclic) bond motifs is 3. The average molecular weight is 285 g/mol. The molecule has 1 aliphatic carbocycles. The lowest BCUT2D eigenvalue weighted by atomic mass is 9.93. The van der Waals surface area contributed by atoms with E-state index in [1.54, 1.807) is 0 Å². The van der Waals surface area contributed by atoms with Gasteiger partial charge in [-0.15, -0.1) is 0 Å². The highest BCUT2D eigenvalue weighted by molar-refractivity contribution is 5.90. The Morgan fingerprint density at radius 3 is 2.64 bits per heavy atom. The van der Waals surface area contributed by atoms with Gasteiger partial charge >= 0.3 is 0 Å². The number of hydrogen-bond donors (Lipinski definition) is 0. The van der Waals surface area contributed by atoms with Crippen molar-refractivity contribution in [2.75, 3.05) is 0 Å². The van der Waals surface area contributed by atoms with Crippen molar-refractivity contribution in [3.63, 3.8) is 0 Å². The van der Waals surface area contributed by atoms with Crippen LogP contribution < -0.4 is 0 Å². The zero-order valence-corrected chi connectivity index (χ0v) is 12.8. The first-order valence-electron chi connectivity index (χ1n) is 7.81. The molecule has 3 aromatic rings. The summed E-state index contributed by atoms with van der Waals surface area (Å²) in [6.45, 7) is 6.12. The molecule has 1 nitrogen and oxygen atoms in total. The number of rotatable bonds is 2. The summed E-state index contributed by atoms with van der Waals surface area (Å²) in [4.78, 5) is 0. The Hall–Kier alpha value is -2.54. The standard InChI is InChI=1S/C21H19N/c1-3-16-9-11-17(12-10-16)22-20-7-5-4-6-18(20)19-14-15(2)8-13-21(19)22/h3-13,15H,1,14H2,2H3. The molecule has 0 amide bonds. The van der Waals surface area contributed by atoms with Crippen molar-refractivity contribution in [1.29, 1.82) is 0 Å². The zero-order valence-electron chi connectivity index (χ0n) is 12.8. The van der Waals surface area contributed by atoms with Crippen molar-refractivity contribution in [3.05, 3.63) is 78.0 Å². The molecule has 0 fully saturated rings. The van der Waals surface area contributed by atoms with Gasteiger partial charge in [0, 0.05) is 16.8 Å². The summed E-state index contributed by atoms with van der Waals surface area (Å²) in [6, 6.07) is 17.3. The zero-order chi connectivity index (χ0) is 15.1. The lowest BCUT2D eigenvalue weighted by molar-refractivity contribution is 0.718. The number of hydrogen-bond acceptors (Lipinski definition) is 0. The summed E-state index contributed by atoms with van der Waals surface area (Å²) in [7, 11) is 0. The number of aromatic nitrogens is 1. The number of nitrogens with zero attached hydrogens (tertiary/aromatic N) is 1. The van der Waals surface area contributed by atoms with Crippen LogP contribution in [0.25, 0.3) is 28.7 Å². The summed E-state index contributed by atoms with van der Waals surface area (Å²) in [6.07, 6.45) is 7.60. The normalized spacial score (nSPS) is 16.7. The average Bonchev–Trinajstić information content (AvgIpc) is 2.89. The van der Waals surface area contributed by atoms with Gasteiger partial charge in [0.2, 0.25) is 0 Å². The minimum Gasteiger partial charge on any atom is -0.310 e. The second-order valence-corrected chi connectivity index (χ2v) is 6.05. The van der Waals surface area contributed by atoms with E-state index in [2.05, 4.69) is 78.8 Å². The van der Waals surface area contributed by atoms with E-state index >= 15 is 0 Å². The third-order valence-electron chi connectivity index (χ3n) is 4.52. The molecular weight excluding hydrogens is 266 g/mol. The molecule has 22 heavy (non-hydrogen) atoms. The quantitative estimate of drug-likeness (QED) is 0.587. The first-order valence-corrected chi connectivity index (χ1v) is 7.81. The van der Waals surface area contributed by atoms with Gasteiger partial charge in [0.15, 0.2) is 0 Å². The molecule has 0 saturated carbocycles. The Morgan fingerprint density at radius 1 is 1.09 bits per heavy atom. The van der Waals surface area contributed by atoms with E-state index in [0.29, 0.717) is 5.92 Å². The third kappa shape index (κ3) is 1.93. The highest BCUT2D eigenvalue weighted by Crippen LogP contribution is 2.35. The van der Waals surface area contributed by atoms with E-state index in [1.165, 1.54) is 27.8 Å². The van der Waals surface area contributed by atoms with Crippen LogP contribution in [0, 0.1) is 5.92 Å².